The van der Waals surface area contributed by atoms with Crippen LogP contribution in [0.25, 0.3) is 0 Å². The number of nitriles is 1. The summed E-state index contributed by atoms with van der Waals surface area (Å²) in [4.78, 5) is -0.369. The zero-order chi connectivity index (χ0) is 16.1. The minimum Gasteiger partial charge on any atom is -0.284 e. The predicted molar refractivity (Wildman–Crippen MR) is 84.6 cm³/mol. The van der Waals surface area contributed by atoms with Gasteiger partial charge in [0.05, 0.1) is 11.0 Å². The van der Waals surface area contributed by atoms with Crippen LogP contribution in [0.5, 0.6) is 0 Å². The molecule has 0 saturated heterocycles. The van der Waals surface area contributed by atoms with E-state index in [2.05, 4.69) is 10.5 Å². The molecule has 0 aliphatic carbocycles. The number of sulfone groups is 1. The Morgan fingerprint density at radius 2 is 2.00 bits per heavy atom. The lowest BCUT2D eigenvalue weighted by molar-refractivity contribution is 0.568. The second-order valence-electron chi connectivity index (χ2n) is 5.15. The van der Waals surface area contributed by atoms with Crippen molar-refractivity contribution in [3.05, 3.63) is 46.0 Å². The molecule has 1 N–H and O–H groups in total. The molecule has 0 unspecified atom stereocenters. The normalized spacial score (nSPS) is 13.2. The highest BCUT2D eigenvalue weighted by Crippen LogP contribution is 2.22. The summed E-state index contributed by atoms with van der Waals surface area (Å²) in [6.45, 7) is 4.58. The molecule has 0 amide bonds. The summed E-state index contributed by atoms with van der Waals surface area (Å²) in [5.41, 5.74) is 3.12. The van der Waals surface area contributed by atoms with Crippen LogP contribution in [-0.4, -0.2) is 19.4 Å². The van der Waals surface area contributed by atoms with Crippen LogP contribution >= 0.6 is 11.6 Å². The van der Waals surface area contributed by atoms with Crippen LogP contribution in [0.4, 0.5) is 0 Å². The monoisotopic (exact) mass is 325 g/mol. The molecule has 112 valence electrons. The number of allylic oxidation sites excluding steroid dienone is 1. The third-order valence-electron chi connectivity index (χ3n) is 2.58. The maximum Gasteiger partial charge on any atom is 0.194 e. The van der Waals surface area contributed by atoms with Gasteiger partial charge in [0.15, 0.2) is 14.7 Å². The Kier molecular flexibility index (Phi) is 5.53. The first-order valence-corrected chi connectivity index (χ1v) is 7.94. The van der Waals surface area contributed by atoms with E-state index in [0.29, 0.717) is 10.6 Å². The van der Waals surface area contributed by atoms with E-state index in [1.807, 2.05) is 0 Å². The molecule has 0 aliphatic heterocycles. The molecule has 0 fully saturated rings. The summed E-state index contributed by atoms with van der Waals surface area (Å²) in [5, 5.41) is 13.3. The van der Waals surface area contributed by atoms with Gasteiger partial charge in [0.25, 0.3) is 0 Å². The van der Waals surface area contributed by atoms with Crippen molar-refractivity contribution in [2.24, 2.45) is 5.10 Å². The molecule has 5 nitrogen and oxygen atoms in total. The summed E-state index contributed by atoms with van der Waals surface area (Å²) in [7, 11) is -3.70. The van der Waals surface area contributed by atoms with Gasteiger partial charge in [-0.25, -0.2) is 8.42 Å². The lowest BCUT2D eigenvalue weighted by atomic mass is 10.2. The van der Waals surface area contributed by atoms with Gasteiger partial charge < -0.3 is 0 Å². The first kappa shape index (κ1) is 17.2. The number of benzene rings is 1. The highest BCUT2D eigenvalue weighted by Gasteiger charge is 2.33. The highest BCUT2D eigenvalue weighted by atomic mass is 35.5. The van der Waals surface area contributed by atoms with E-state index in [0.717, 1.165) is 6.20 Å². The first-order chi connectivity index (χ1) is 9.70. The molecule has 7 heteroatoms. The van der Waals surface area contributed by atoms with Crippen LogP contribution in [0.15, 0.2) is 40.5 Å². The largest absolute Gasteiger partial charge is 0.284 e. The van der Waals surface area contributed by atoms with Crippen molar-refractivity contribution >= 4 is 27.7 Å². The van der Waals surface area contributed by atoms with Crippen molar-refractivity contribution in [3.8, 4) is 6.07 Å². The summed E-state index contributed by atoms with van der Waals surface area (Å²) in [5.74, 6) is 0. The number of rotatable bonds is 4. The summed E-state index contributed by atoms with van der Waals surface area (Å²) in [6, 6.07) is 8.73. The molecule has 0 bridgehead atoms. The Balaban J connectivity index is 2.90. The lowest BCUT2D eigenvalue weighted by Crippen LogP contribution is -2.29. The number of hydrazone groups is 1. The second kappa shape index (κ2) is 6.74. The van der Waals surface area contributed by atoms with E-state index in [-0.39, 0.29) is 4.91 Å². The maximum absolute atomic E-state index is 12.1. The van der Waals surface area contributed by atoms with E-state index in [1.165, 1.54) is 27.0 Å². The van der Waals surface area contributed by atoms with Crippen molar-refractivity contribution in [2.75, 3.05) is 0 Å². The fourth-order valence-corrected chi connectivity index (χ4v) is 2.45. The van der Waals surface area contributed by atoms with E-state index >= 15 is 0 Å². The minimum atomic E-state index is -3.70. The Morgan fingerprint density at radius 1 is 1.38 bits per heavy atom. The van der Waals surface area contributed by atoms with E-state index < -0.39 is 14.6 Å². The van der Waals surface area contributed by atoms with Crippen molar-refractivity contribution < 1.29 is 8.42 Å². The van der Waals surface area contributed by atoms with Gasteiger partial charge in [-0.15, -0.1) is 0 Å². The summed E-state index contributed by atoms with van der Waals surface area (Å²) in [6.07, 6.45) is 2.51. The van der Waals surface area contributed by atoms with E-state index in [4.69, 9.17) is 16.9 Å². The lowest BCUT2D eigenvalue weighted by Gasteiger charge is -2.17. The topological polar surface area (TPSA) is 82.3 Å². The van der Waals surface area contributed by atoms with Crippen molar-refractivity contribution in [1.29, 1.82) is 5.26 Å². The van der Waals surface area contributed by atoms with Gasteiger partial charge in [-0.05, 0) is 26.8 Å². The maximum atomic E-state index is 12.1. The molecule has 1 aromatic rings. The molecular weight excluding hydrogens is 310 g/mol. The third kappa shape index (κ3) is 4.31. The van der Waals surface area contributed by atoms with Crippen LogP contribution < -0.4 is 5.43 Å². The fourth-order valence-electron chi connectivity index (χ4n) is 1.28. The van der Waals surface area contributed by atoms with Gasteiger partial charge in [0.2, 0.25) is 0 Å². The Bertz CT molecular complexity index is 710. The number of nitrogens with zero attached hydrogens (tertiary/aromatic N) is 2. The molecular formula is C14H16ClN3O2S. The Labute approximate surface area is 129 Å². The van der Waals surface area contributed by atoms with Crippen molar-refractivity contribution in [2.45, 2.75) is 25.5 Å². The average Bonchev–Trinajstić information content (AvgIpc) is 2.39. The molecule has 0 spiro atoms. The van der Waals surface area contributed by atoms with Crippen LogP contribution in [-0.2, 0) is 9.84 Å². The van der Waals surface area contributed by atoms with Crippen LogP contribution in [0.2, 0.25) is 5.02 Å². The van der Waals surface area contributed by atoms with E-state index in [9.17, 15) is 8.42 Å². The van der Waals surface area contributed by atoms with Crippen LogP contribution in [0.1, 0.15) is 26.3 Å². The zero-order valence-corrected chi connectivity index (χ0v) is 13.5. The van der Waals surface area contributed by atoms with Crippen molar-refractivity contribution in [3.63, 3.8) is 0 Å². The average molecular weight is 326 g/mol. The second-order valence-corrected chi connectivity index (χ2v) is 8.22. The molecule has 0 aliphatic rings. The summed E-state index contributed by atoms with van der Waals surface area (Å²) < 4.78 is 23.1. The molecule has 1 rings (SSSR count). The quantitative estimate of drug-likeness (QED) is 0.524. The van der Waals surface area contributed by atoms with Gasteiger partial charge in [-0.1, -0.05) is 29.8 Å². The summed E-state index contributed by atoms with van der Waals surface area (Å²) >= 11 is 5.94. The number of hydrogen-bond acceptors (Lipinski definition) is 5. The minimum absolute atomic E-state index is 0.369. The smallest absolute Gasteiger partial charge is 0.194 e. The molecule has 0 radical (unpaired) electrons. The molecule has 0 aromatic heterocycles. The Hall–Kier alpha value is -1.84. The number of hydrogen-bond donors (Lipinski definition) is 1. The first-order valence-electron chi connectivity index (χ1n) is 6.08. The number of nitrogens with one attached hydrogen (secondary N) is 1. The standard InChI is InChI=1S/C14H16ClN3O2S/c1-14(2,3)21(19,20)12(8-16)10-18-17-9-11-6-4-5-7-13(11)15/h4-7,9-10,18H,1-3H3. The van der Waals surface area contributed by atoms with Gasteiger partial charge in [0, 0.05) is 16.8 Å². The molecule has 21 heavy (non-hydrogen) atoms. The highest BCUT2D eigenvalue weighted by molar-refractivity contribution is 7.96. The van der Waals surface area contributed by atoms with Crippen molar-refractivity contribution in [1.82, 2.24) is 5.43 Å². The predicted octanol–water partition coefficient (Wildman–Crippen LogP) is 2.84. The third-order valence-corrected chi connectivity index (χ3v) is 5.33. The molecule has 0 atom stereocenters. The Morgan fingerprint density at radius 3 is 2.52 bits per heavy atom. The van der Waals surface area contributed by atoms with Gasteiger partial charge in [-0.2, -0.15) is 10.4 Å². The SMILES string of the molecule is CC(C)(C)S(=O)(=O)C(C#N)=CNN=Cc1ccccc1Cl. The molecule has 1 aromatic carbocycles. The van der Waals surface area contributed by atoms with Crippen LogP contribution in [0, 0.1) is 11.3 Å². The van der Waals surface area contributed by atoms with Crippen LogP contribution in [0.3, 0.4) is 0 Å². The van der Waals surface area contributed by atoms with Gasteiger partial charge in [-0.3, -0.25) is 5.43 Å². The van der Waals surface area contributed by atoms with E-state index in [1.54, 1.807) is 30.3 Å². The molecule has 0 saturated carbocycles. The fraction of sp³-hybridized carbons (Fsp3) is 0.286. The van der Waals surface area contributed by atoms with Gasteiger partial charge >= 0.3 is 0 Å². The zero-order valence-electron chi connectivity index (χ0n) is 12.0. The number of halogens is 1. The van der Waals surface area contributed by atoms with Gasteiger partial charge in [0.1, 0.15) is 6.07 Å². The molecule has 0 heterocycles.